The number of benzene rings is 4. The first-order chi connectivity index (χ1) is 21.8. The van der Waals surface area contributed by atoms with Crippen molar-refractivity contribution in [3.8, 4) is 33.8 Å². The molecule has 0 radical (unpaired) electrons. The number of carbonyl (C=O) groups is 2. The van der Waals surface area contributed by atoms with Gasteiger partial charge in [-0.3, -0.25) is 14.7 Å². The molecule has 2 amide bonds. The second-order valence-corrected chi connectivity index (χ2v) is 11.6. The van der Waals surface area contributed by atoms with Crippen LogP contribution in [0.15, 0.2) is 89.3 Å². The number of aromatic nitrogens is 3. The molecule has 1 aliphatic carbocycles. The van der Waals surface area contributed by atoms with E-state index in [1.807, 2.05) is 49.4 Å². The second-order valence-electron chi connectivity index (χ2n) is 11.2. The zero-order valence-corrected chi connectivity index (χ0v) is 25.1. The van der Waals surface area contributed by atoms with Crippen molar-refractivity contribution in [2.75, 3.05) is 7.05 Å². The number of furan rings is 1. The van der Waals surface area contributed by atoms with E-state index in [9.17, 15) is 14.0 Å². The van der Waals surface area contributed by atoms with E-state index in [2.05, 4.69) is 25.8 Å². The molecule has 0 unspecified atom stereocenters. The third-order valence-corrected chi connectivity index (χ3v) is 8.55. The number of hydrogen-bond acceptors (Lipinski definition) is 5. The maximum Gasteiger partial charge on any atom is 0.255 e. The quantitative estimate of drug-likeness (QED) is 0.172. The van der Waals surface area contributed by atoms with Crippen LogP contribution >= 0.6 is 11.6 Å². The molecular weight excluding hydrogens is 593 g/mol. The van der Waals surface area contributed by atoms with Crippen LogP contribution < -0.4 is 10.6 Å². The molecule has 10 heteroatoms. The number of aromatic amines is 1. The molecule has 0 bridgehead atoms. The van der Waals surface area contributed by atoms with Crippen LogP contribution in [-0.2, 0) is 5.54 Å². The summed E-state index contributed by atoms with van der Waals surface area (Å²) in [4.78, 5) is 31.3. The summed E-state index contributed by atoms with van der Waals surface area (Å²) in [7, 11) is 1.55. The van der Waals surface area contributed by atoms with Crippen molar-refractivity contribution in [1.82, 2.24) is 25.8 Å². The molecule has 4 aromatic carbocycles. The molecule has 7 rings (SSSR count). The van der Waals surface area contributed by atoms with Crippen LogP contribution in [0.25, 0.3) is 44.8 Å². The van der Waals surface area contributed by atoms with E-state index in [1.165, 1.54) is 12.1 Å². The maximum atomic E-state index is 13.6. The number of H-pyrrole nitrogens is 1. The van der Waals surface area contributed by atoms with Gasteiger partial charge in [0.05, 0.1) is 16.1 Å². The topological polar surface area (TPSA) is 113 Å². The number of carbonyl (C=O) groups excluding carboxylic acids is 2. The summed E-state index contributed by atoms with van der Waals surface area (Å²) in [5.74, 6) is 0.470. The fourth-order valence-corrected chi connectivity index (χ4v) is 5.79. The van der Waals surface area contributed by atoms with E-state index in [1.54, 1.807) is 37.4 Å². The molecule has 8 nitrogen and oxygen atoms in total. The van der Waals surface area contributed by atoms with E-state index < -0.39 is 5.54 Å². The molecule has 0 atom stereocenters. The lowest BCUT2D eigenvalue weighted by Crippen LogP contribution is -2.35. The van der Waals surface area contributed by atoms with Gasteiger partial charge in [-0.2, -0.15) is 5.10 Å². The number of hydrogen-bond donors (Lipinski definition) is 3. The van der Waals surface area contributed by atoms with E-state index >= 15 is 0 Å². The van der Waals surface area contributed by atoms with Crippen LogP contribution in [0, 0.1) is 12.7 Å². The predicted molar refractivity (Wildman–Crippen MR) is 170 cm³/mol. The van der Waals surface area contributed by atoms with Crippen molar-refractivity contribution in [1.29, 1.82) is 0 Å². The fraction of sp³-hybridized carbons (Fsp3) is 0.143. The highest BCUT2D eigenvalue weighted by Crippen LogP contribution is 2.45. The summed E-state index contributed by atoms with van der Waals surface area (Å²) in [6, 6.07) is 24.3. The SMILES string of the molecule is CNC(=O)c1c(-c2ccc(F)cc2)oc2ccc(-c3cc(C(=O)NC4(c5nc(-c6ccccc6Cl)n[nH]5)CC4)ccc3C)cc12. The van der Waals surface area contributed by atoms with Gasteiger partial charge in [0.2, 0.25) is 0 Å². The smallest absolute Gasteiger partial charge is 0.255 e. The molecular formula is C35H27ClFN5O3. The average Bonchev–Trinajstić information content (AvgIpc) is 3.47. The summed E-state index contributed by atoms with van der Waals surface area (Å²) in [6.07, 6.45) is 1.45. The van der Waals surface area contributed by atoms with E-state index in [-0.39, 0.29) is 17.6 Å². The molecule has 2 heterocycles. The zero-order chi connectivity index (χ0) is 31.3. The monoisotopic (exact) mass is 619 g/mol. The van der Waals surface area contributed by atoms with Gasteiger partial charge in [-0.05, 0) is 97.1 Å². The highest BCUT2D eigenvalue weighted by molar-refractivity contribution is 6.33. The lowest BCUT2D eigenvalue weighted by Gasteiger charge is -2.16. The van der Waals surface area contributed by atoms with Crippen LogP contribution in [0.2, 0.25) is 5.02 Å². The zero-order valence-electron chi connectivity index (χ0n) is 24.4. The Morgan fingerprint density at radius 2 is 1.69 bits per heavy atom. The maximum absolute atomic E-state index is 13.6. The summed E-state index contributed by atoms with van der Waals surface area (Å²) in [5.41, 5.74) is 4.62. The van der Waals surface area contributed by atoms with Crippen LogP contribution in [0.5, 0.6) is 0 Å². The Balaban J connectivity index is 1.20. The van der Waals surface area contributed by atoms with Gasteiger partial charge in [-0.1, -0.05) is 35.9 Å². The number of nitrogens with one attached hydrogen (secondary N) is 3. The number of amides is 2. The van der Waals surface area contributed by atoms with Crippen molar-refractivity contribution in [3.05, 3.63) is 118 Å². The standard InChI is InChI=1S/C35H27ClFN5O3/c1-19-7-8-22(32(43)40-35(15-16-35)34-39-31(41-42-34)24-5-3-4-6-27(24)36)18-25(19)21-11-14-28-26(17-21)29(33(44)38-2)30(45-28)20-9-12-23(37)13-10-20/h3-14,17-18H,15-16H2,1-2H3,(H,38,44)(H,40,43)(H,39,41,42). The molecule has 0 saturated heterocycles. The van der Waals surface area contributed by atoms with Crippen molar-refractivity contribution in [2.45, 2.75) is 25.3 Å². The molecule has 6 aromatic rings. The largest absolute Gasteiger partial charge is 0.455 e. The van der Waals surface area contributed by atoms with Gasteiger partial charge < -0.3 is 15.1 Å². The summed E-state index contributed by atoms with van der Waals surface area (Å²) in [6.45, 7) is 1.97. The molecule has 0 aliphatic heterocycles. The summed E-state index contributed by atoms with van der Waals surface area (Å²) in [5, 5.41) is 14.4. The van der Waals surface area contributed by atoms with Crippen molar-refractivity contribution < 1.29 is 18.4 Å². The number of nitrogens with zero attached hydrogens (tertiary/aromatic N) is 2. The fourth-order valence-electron chi connectivity index (χ4n) is 5.57. The number of halogens is 2. The minimum absolute atomic E-state index is 0.238. The molecule has 0 spiro atoms. The minimum atomic E-state index is -0.635. The highest BCUT2D eigenvalue weighted by atomic mass is 35.5. The van der Waals surface area contributed by atoms with Crippen LogP contribution in [-0.4, -0.2) is 34.0 Å². The van der Waals surface area contributed by atoms with Gasteiger partial charge in [0.25, 0.3) is 11.8 Å². The molecule has 2 aromatic heterocycles. The van der Waals surface area contributed by atoms with Crippen molar-refractivity contribution in [3.63, 3.8) is 0 Å². The lowest BCUT2D eigenvalue weighted by atomic mass is 9.95. The van der Waals surface area contributed by atoms with Crippen LogP contribution in [0.4, 0.5) is 4.39 Å². The molecule has 1 saturated carbocycles. The Labute approximate surface area is 262 Å². The normalized spacial score (nSPS) is 13.5. The Kier molecular flexibility index (Phi) is 6.97. The first-order valence-electron chi connectivity index (χ1n) is 14.4. The molecule has 45 heavy (non-hydrogen) atoms. The van der Waals surface area contributed by atoms with Gasteiger partial charge in [-0.15, -0.1) is 0 Å². The average molecular weight is 620 g/mol. The highest BCUT2D eigenvalue weighted by Gasteiger charge is 2.49. The Hall–Kier alpha value is -5.28. The number of aryl methyl sites for hydroxylation is 1. The van der Waals surface area contributed by atoms with Gasteiger partial charge >= 0.3 is 0 Å². The first kappa shape index (κ1) is 28.5. The Morgan fingerprint density at radius 1 is 0.933 bits per heavy atom. The second kappa shape index (κ2) is 11.0. The van der Waals surface area contributed by atoms with E-state index in [0.29, 0.717) is 55.7 Å². The van der Waals surface area contributed by atoms with Gasteiger partial charge in [0, 0.05) is 29.1 Å². The first-order valence-corrected chi connectivity index (χ1v) is 14.8. The third kappa shape index (κ3) is 5.15. The summed E-state index contributed by atoms with van der Waals surface area (Å²) >= 11 is 6.34. The lowest BCUT2D eigenvalue weighted by molar-refractivity contribution is 0.0927. The van der Waals surface area contributed by atoms with Crippen molar-refractivity contribution in [2.24, 2.45) is 0 Å². The van der Waals surface area contributed by atoms with Gasteiger partial charge in [-0.25, -0.2) is 9.37 Å². The van der Waals surface area contributed by atoms with E-state index in [4.69, 9.17) is 16.0 Å². The Bertz CT molecular complexity index is 2110. The number of rotatable bonds is 7. The Morgan fingerprint density at radius 3 is 2.42 bits per heavy atom. The molecule has 1 aliphatic rings. The molecule has 224 valence electrons. The van der Waals surface area contributed by atoms with Crippen LogP contribution in [0.1, 0.15) is 44.9 Å². The summed E-state index contributed by atoms with van der Waals surface area (Å²) < 4.78 is 19.7. The van der Waals surface area contributed by atoms with E-state index in [0.717, 1.165) is 29.5 Å². The van der Waals surface area contributed by atoms with Crippen LogP contribution in [0.3, 0.4) is 0 Å². The van der Waals surface area contributed by atoms with Gasteiger partial charge in [0.1, 0.15) is 17.2 Å². The van der Waals surface area contributed by atoms with Gasteiger partial charge in [0.15, 0.2) is 11.6 Å². The molecule has 3 N–H and O–H groups in total. The number of fused-ring (bicyclic) bond motifs is 1. The minimum Gasteiger partial charge on any atom is -0.455 e. The predicted octanol–water partition coefficient (Wildman–Crippen LogP) is 7.43. The van der Waals surface area contributed by atoms with Crippen molar-refractivity contribution >= 4 is 34.4 Å². The third-order valence-electron chi connectivity index (χ3n) is 8.22. The molecule has 1 fully saturated rings.